The maximum atomic E-state index is 6.27. The third-order valence-corrected chi connectivity index (χ3v) is 4.21. The fourth-order valence-corrected chi connectivity index (χ4v) is 2.82. The Kier molecular flexibility index (Phi) is 4.36. The maximum absolute atomic E-state index is 6.27. The van der Waals surface area contributed by atoms with E-state index in [0.29, 0.717) is 0 Å². The molecule has 2 aromatic carbocycles. The first-order chi connectivity index (χ1) is 10.7. The van der Waals surface area contributed by atoms with Crippen molar-refractivity contribution in [1.29, 1.82) is 0 Å². The number of ether oxygens (including phenoxy) is 1. The minimum absolute atomic E-state index is 0.268. The number of rotatable bonds is 4. The number of benzene rings is 2. The van der Waals surface area contributed by atoms with Crippen LogP contribution in [0.3, 0.4) is 0 Å². The highest BCUT2D eigenvalue weighted by molar-refractivity contribution is 6.33. The molecule has 1 atom stereocenters. The Balaban J connectivity index is 1.72. The lowest BCUT2D eigenvalue weighted by atomic mass is 10.0. The fraction of sp³-hybridized carbons (Fsp3) is 0.222. The average molecular weight is 315 g/mol. The Morgan fingerprint density at radius 2 is 1.86 bits per heavy atom. The van der Waals surface area contributed by atoms with Gasteiger partial charge in [-0.15, -0.1) is 0 Å². The van der Waals surface area contributed by atoms with E-state index in [4.69, 9.17) is 16.3 Å². The number of methoxy groups -OCH3 is 1. The van der Waals surface area contributed by atoms with Crippen LogP contribution in [0.4, 0.5) is 5.69 Å². The van der Waals surface area contributed by atoms with E-state index in [-0.39, 0.29) is 6.04 Å². The van der Waals surface area contributed by atoms with Gasteiger partial charge >= 0.3 is 0 Å². The zero-order valence-corrected chi connectivity index (χ0v) is 13.5. The molecule has 0 fully saturated rings. The fourth-order valence-electron chi connectivity index (χ4n) is 2.59. The van der Waals surface area contributed by atoms with Crippen molar-refractivity contribution >= 4 is 17.3 Å². The molecule has 0 amide bonds. The number of halogens is 1. The van der Waals surface area contributed by atoms with Crippen molar-refractivity contribution < 1.29 is 4.74 Å². The van der Waals surface area contributed by atoms with Crippen LogP contribution in [0.1, 0.15) is 12.5 Å². The topological polar surface area (TPSA) is 24.5 Å². The summed E-state index contributed by atoms with van der Waals surface area (Å²) >= 11 is 6.27. The molecule has 22 heavy (non-hydrogen) atoms. The van der Waals surface area contributed by atoms with Crippen molar-refractivity contribution in [1.82, 2.24) is 5.43 Å². The highest BCUT2D eigenvalue weighted by Gasteiger charge is 2.23. The minimum Gasteiger partial charge on any atom is -0.497 e. The quantitative estimate of drug-likeness (QED) is 0.916. The number of nitrogens with one attached hydrogen (secondary N) is 1. The molecule has 0 aliphatic carbocycles. The van der Waals surface area contributed by atoms with E-state index < -0.39 is 0 Å². The van der Waals surface area contributed by atoms with Gasteiger partial charge in [-0.3, -0.25) is 5.01 Å². The molecule has 1 aliphatic rings. The van der Waals surface area contributed by atoms with Gasteiger partial charge in [-0.25, -0.2) is 5.43 Å². The molecule has 0 radical (unpaired) electrons. The summed E-state index contributed by atoms with van der Waals surface area (Å²) in [7, 11) is 1.68. The van der Waals surface area contributed by atoms with Crippen molar-refractivity contribution in [3.8, 4) is 5.75 Å². The van der Waals surface area contributed by atoms with Crippen LogP contribution in [-0.2, 0) is 6.42 Å². The molecule has 2 aromatic rings. The predicted molar refractivity (Wildman–Crippen MR) is 91.3 cm³/mol. The van der Waals surface area contributed by atoms with Gasteiger partial charge in [-0.2, -0.15) is 0 Å². The van der Waals surface area contributed by atoms with Crippen molar-refractivity contribution in [2.45, 2.75) is 19.4 Å². The van der Waals surface area contributed by atoms with Crippen LogP contribution in [0.15, 0.2) is 60.3 Å². The number of para-hydroxylation sites is 1. The first-order valence-corrected chi connectivity index (χ1v) is 7.66. The summed E-state index contributed by atoms with van der Waals surface area (Å²) in [6, 6.07) is 16.3. The summed E-state index contributed by atoms with van der Waals surface area (Å²) in [5.74, 6) is 0.882. The van der Waals surface area contributed by atoms with Gasteiger partial charge in [-0.05, 0) is 48.7 Å². The second-order valence-corrected chi connectivity index (χ2v) is 5.84. The second kappa shape index (κ2) is 6.42. The van der Waals surface area contributed by atoms with Crippen LogP contribution in [-0.4, -0.2) is 13.2 Å². The van der Waals surface area contributed by atoms with Gasteiger partial charge in [0.15, 0.2) is 0 Å². The molecule has 3 nitrogen and oxygen atoms in total. The monoisotopic (exact) mass is 314 g/mol. The molecule has 114 valence electrons. The van der Waals surface area contributed by atoms with E-state index in [0.717, 1.165) is 22.9 Å². The van der Waals surface area contributed by atoms with Crippen LogP contribution in [0.2, 0.25) is 5.02 Å². The van der Waals surface area contributed by atoms with Gasteiger partial charge in [0.25, 0.3) is 0 Å². The molecule has 0 spiro atoms. The maximum Gasteiger partial charge on any atom is 0.118 e. The van der Waals surface area contributed by atoms with Crippen LogP contribution < -0.4 is 15.2 Å². The Morgan fingerprint density at radius 3 is 2.55 bits per heavy atom. The molecule has 0 aromatic heterocycles. The molecule has 0 saturated carbocycles. The third-order valence-electron chi connectivity index (χ3n) is 3.89. The van der Waals surface area contributed by atoms with Crippen LogP contribution in [0.5, 0.6) is 5.75 Å². The highest BCUT2D eigenvalue weighted by Crippen LogP contribution is 2.28. The Bertz CT molecular complexity index is 682. The van der Waals surface area contributed by atoms with Crippen LogP contribution >= 0.6 is 11.6 Å². The molecular formula is C18H19ClN2O. The molecule has 1 unspecified atom stereocenters. The smallest absolute Gasteiger partial charge is 0.118 e. The number of nitrogens with zero attached hydrogens (tertiary/aromatic N) is 1. The van der Waals surface area contributed by atoms with Crippen LogP contribution in [0, 0.1) is 0 Å². The molecule has 1 N–H and O–H groups in total. The van der Waals surface area contributed by atoms with E-state index in [9.17, 15) is 0 Å². The molecule has 3 rings (SSSR count). The zero-order valence-electron chi connectivity index (χ0n) is 12.7. The average Bonchev–Trinajstić information content (AvgIpc) is 2.89. The number of hydrogen-bond donors (Lipinski definition) is 1. The SMILES string of the molecule is COc1ccc(CC2NN(c3ccccc3Cl)C=C2C)cc1. The lowest BCUT2D eigenvalue weighted by Gasteiger charge is -2.21. The molecule has 0 bridgehead atoms. The third kappa shape index (κ3) is 3.11. The molecule has 1 heterocycles. The summed E-state index contributed by atoms with van der Waals surface area (Å²) < 4.78 is 5.20. The first kappa shape index (κ1) is 14.9. The highest BCUT2D eigenvalue weighted by atomic mass is 35.5. The molecule has 4 heteroatoms. The van der Waals surface area contributed by atoms with Crippen molar-refractivity contribution in [2.24, 2.45) is 0 Å². The van der Waals surface area contributed by atoms with Gasteiger partial charge in [0.1, 0.15) is 5.75 Å². The lowest BCUT2D eigenvalue weighted by molar-refractivity contribution is 0.414. The van der Waals surface area contributed by atoms with Crippen molar-refractivity contribution in [2.75, 3.05) is 12.1 Å². The van der Waals surface area contributed by atoms with E-state index in [1.165, 1.54) is 11.1 Å². The zero-order chi connectivity index (χ0) is 15.5. The van der Waals surface area contributed by atoms with E-state index in [1.807, 2.05) is 41.4 Å². The van der Waals surface area contributed by atoms with Gasteiger partial charge in [0.05, 0.1) is 23.9 Å². The molecular weight excluding hydrogens is 296 g/mol. The number of hydrazine groups is 1. The van der Waals surface area contributed by atoms with Gasteiger partial charge in [-0.1, -0.05) is 35.9 Å². The molecule has 0 saturated heterocycles. The number of anilines is 1. The van der Waals surface area contributed by atoms with Crippen molar-refractivity contribution in [3.63, 3.8) is 0 Å². The van der Waals surface area contributed by atoms with Crippen molar-refractivity contribution in [3.05, 3.63) is 70.9 Å². The predicted octanol–water partition coefficient (Wildman–Crippen LogP) is 4.19. The minimum atomic E-state index is 0.268. The lowest BCUT2D eigenvalue weighted by Crippen LogP contribution is -2.37. The largest absolute Gasteiger partial charge is 0.497 e. The van der Waals surface area contributed by atoms with Gasteiger partial charge in [0.2, 0.25) is 0 Å². The first-order valence-electron chi connectivity index (χ1n) is 7.28. The standard InChI is InChI=1S/C18H19ClN2O/c1-13-12-21(18-6-4-3-5-16(18)19)20-17(13)11-14-7-9-15(22-2)10-8-14/h3-10,12,17,20H,11H2,1-2H3. The normalized spacial score (nSPS) is 17.5. The number of hydrogen-bond acceptors (Lipinski definition) is 3. The summed E-state index contributed by atoms with van der Waals surface area (Å²) in [6.45, 7) is 2.14. The van der Waals surface area contributed by atoms with Gasteiger partial charge < -0.3 is 4.74 Å². The van der Waals surface area contributed by atoms with Gasteiger partial charge in [0, 0.05) is 6.20 Å². The van der Waals surface area contributed by atoms with Crippen LogP contribution in [0.25, 0.3) is 0 Å². The Hall–Kier alpha value is -1.97. The Labute approximate surface area is 136 Å². The Morgan fingerprint density at radius 1 is 1.14 bits per heavy atom. The summed E-state index contributed by atoms with van der Waals surface area (Å²) in [6.07, 6.45) is 3.03. The van der Waals surface area contributed by atoms with E-state index in [1.54, 1.807) is 7.11 Å². The van der Waals surface area contributed by atoms with E-state index in [2.05, 4.69) is 30.7 Å². The summed E-state index contributed by atoms with van der Waals surface area (Å²) in [5, 5.41) is 2.75. The van der Waals surface area contributed by atoms with E-state index >= 15 is 0 Å². The summed E-state index contributed by atoms with van der Waals surface area (Å²) in [4.78, 5) is 0. The molecule has 1 aliphatic heterocycles. The summed E-state index contributed by atoms with van der Waals surface area (Å²) in [5.41, 5.74) is 7.03. The second-order valence-electron chi connectivity index (χ2n) is 5.43.